The highest BCUT2D eigenvalue weighted by Gasteiger charge is 2.27. The van der Waals surface area contributed by atoms with Crippen LogP contribution in [0.4, 0.5) is 13.2 Å². The fraction of sp³-hybridized carbons (Fsp3) is 0.517. The maximum atomic E-state index is 14.3. The van der Waals surface area contributed by atoms with Gasteiger partial charge in [-0.05, 0) is 80.8 Å². The minimum atomic E-state index is -1.55. The molecule has 3 rings (SSSR count). The number of ether oxygens (including phenoxy) is 4. The summed E-state index contributed by atoms with van der Waals surface area (Å²) >= 11 is 0. The van der Waals surface area contributed by atoms with Gasteiger partial charge in [0.2, 0.25) is 5.82 Å². The smallest absolute Gasteiger partial charge is 0.346 e. The first-order valence-electron chi connectivity index (χ1n) is 13.2. The summed E-state index contributed by atoms with van der Waals surface area (Å²) in [5.74, 6) is -3.62. The summed E-state index contributed by atoms with van der Waals surface area (Å²) < 4.78 is 63.8. The minimum absolute atomic E-state index is 0.154. The summed E-state index contributed by atoms with van der Waals surface area (Å²) in [6.07, 6.45) is 3.43. The molecule has 0 heterocycles. The molecule has 2 aromatic rings. The van der Waals surface area contributed by atoms with E-state index in [0.717, 1.165) is 25.3 Å². The molecule has 0 amide bonds. The lowest BCUT2D eigenvalue weighted by Gasteiger charge is -2.28. The second kappa shape index (κ2) is 14.6. The van der Waals surface area contributed by atoms with Gasteiger partial charge in [0.05, 0.1) is 18.8 Å². The highest BCUT2D eigenvalue weighted by Crippen LogP contribution is 2.29. The fourth-order valence-electron chi connectivity index (χ4n) is 4.15. The molecule has 0 radical (unpaired) electrons. The minimum Gasteiger partial charge on any atom is -0.493 e. The molecule has 0 aliphatic heterocycles. The molecule has 6 nitrogen and oxygen atoms in total. The number of hydrogen-bond acceptors (Lipinski definition) is 6. The standard InChI is InChI=1S/C29H35F3O6/c1-3-5-6-24(30)29(34)38-21-9-7-19(8-10-21)18-36-20-11-13-22(14-12-20)37-28(33)23-15-16-25(35-17-4-2)27(32)26(23)31/h11-16,19,21,24H,3-10,17-18H2,1-2H3/t19-,21-,24-/m0/s1. The molecular formula is C29H35F3O6. The molecule has 0 unspecified atom stereocenters. The van der Waals surface area contributed by atoms with E-state index in [0.29, 0.717) is 38.0 Å². The van der Waals surface area contributed by atoms with Crippen molar-refractivity contribution in [2.45, 2.75) is 77.5 Å². The molecule has 1 saturated carbocycles. The maximum Gasteiger partial charge on any atom is 0.346 e. The predicted octanol–water partition coefficient (Wildman–Crippen LogP) is 6.98. The van der Waals surface area contributed by atoms with Crippen LogP contribution < -0.4 is 14.2 Å². The van der Waals surface area contributed by atoms with Crippen molar-refractivity contribution < 1.29 is 41.7 Å². The zero-order valence-electron chi connectivity index (χ0n) is 21.9. The summed E-state index contributed by atoms with van der Waals surface area (Å²) in [6.45, 7) is 4.47. The maximum absolute atomic E-state index is 14.3. The van der Waals surface area contributed by atoms with Crippen molar-refractivity contribution in [2.24, 2.45) is 5.92 Å². The molecule has 0 N–H and O–H groups in total. The van der Waals surface area contributed by atoms with Gasteiger partial charge in [0, 0.05) is 0 Å². The monoisotopic (exact) mass is 536 g/mol. The summed E-state index contributed by atoms with van der Waals surface area (Å²) in [7, 11) is 0. The van der Waals surface area contributed by atoms with Crippen LogP contribution >= 0.6 is 0 Å². The molecule has 0 saturated heterocycles. The Morgan fingerprint density at radius 3 is 2.24 bits per heavy atom. The van der Waals surface area contributed by atoms with Gasteiger partial charge in [-0.15, -0.1) is 0 Å². The Morgan fingerprint density at radius 1 is 0.895 bits per heavy atom. The third-order valence-corrected chi connectivity index (χ3v) is 6.39. The third kappa shape index (κ3) is 8.39. The Balaban J connectivity index is 1.43. The van der Waals surface area contributed by atoms with E-state index in [1.807, 2.05) is 13.8 Å². The zero-order valence-corrected chi connectivity index (χ0v) is 21.9. The van der Waals surface area contributed by atoms with Gasteiger partial charge in [-0.3, -0.25) is 0 Å². The lowest BCUT2D eigenvalue weighted by Crippen LogP contribution is -2.30. The van der Waals surface area contributed by atoms with Gasteiger partial charge in [0.25, 0.3) is 0 Å². The van der Waals surface area contributed by atoms with E-state index >= 15 is 0 Å². The zero-order chi connectivity index (χ0) is 27.5. The molecule has 1 aliphatic carbocycles. The normalized spacial score (nSPS) is 17.9. The average Bonchev–Trinajstić information content (AvgIpc) is 2.92. The Hall–Kier alpha value is -3.23. The van der Waals surface area contributed by atoms with E-state index in [1.165, 1.54) is 18.2 Å². The van der Waals surface area contributed by atoms with E-state index in [-0.39, 0.29) is 36.5 Å². The summed E-state index contributed by atoms with van der Waals surface area (Å²) in [5, 5.41) is 0. The van der Waals surface area contributed by atoms with Crippen LogP contribution in [0, 0.1) is 17.6 Å². The first-order valence-corrected chi connectivity index (χ1v) is 13.2. The van der Waals surface area contributed by atoms with Gasteiger partial charge in [-0.25, -0.2) is 18.4 Å². The second-order valence-corrected chi connectivity index (χ2v) is 9.45. The second-order valence-electron chi connectivity index (χ2n) is 9.45. The Labute approximate surface area is 221 Å². The lowest BCUT2D eigenvalue weighted by molar-refractivity contribution is -0.157. The van der Waals surface area contributed by atoms with Crippen LogP contribution in [0.2, 0.25) is 0 Å². The first-order chi connectivity index (χ1) is 18.3. The van der Waals surface area contributed by atoms with E-state index in [2.05, 4.69) is 0 Å². The SMILES string of the molecule is CCCC[C@H](F)C(=O)O[C@H]1CC[C@H](COc2ccc(OC(=O)c3ccc(OCCC)c(F)c3F)cc2)CC1. The molecule has 208 valence electrons. The molecule has 1 atom stereocenters. The molecular weight excluding hydrogens is 501 g/mol. The molecule has 38 heavy (non-hydrogen) atoms. The number of esters is 2. The topological polar surface area (TPSA) is 71.1 Å². The van der Waals surface area contributed by atoms with Crippen molar-refractivity contribution in [3.05, 3.63) is 53.6 Å². The van der Waals surface area contributed by atoms with Crippen LogP contribution in [-0.4, -0.2) is 37.4 Å². The molecule has 0 bridgehead atoms. The van der Waals surface area contributed by atoms with Gasteiger partial charge >= 0.3 is 11.9 Å². The van der Waals surface area contributed by atoms with Crippen molar-refractivity contribution in [3.8, 4) is 17.2 Å². The number of hydrogen-bond donors (Lipinski definition) is 0. The molecule has 1 aliphatic rings. The quantitative estimate of drug-likeness (QED) is 0.203. The van der Waals surface area contributed by atoms with Crippen LogP contribution in [0.1, 0.15) is 75.6 Å². The molecule has 0 aromatic heterocycles. The van der Waals surface area contributed by atoms with Gasteiger partial charge in [0.1, 0.15) is 17.6 Å². The highest BCUT2D eigenvalue weighted by atomic mass is 19.2. The van der Waals surface area contributed by atoms with Crippen molar-refractivity contribution in [1.82, 2.24) is 0 Å². The van der Waals surface area contributed by atoms with Crippen LogP contribution in [0.15, 0.2) is 36.4 Å². The number of alkyl halides is 1. The third-order valence-electron chi connectivity index (χ3n) is 6.39. The molecule has 9 heteroatoms. The number of halogens is 3. The van der Waals surface area contributed by atoms with E-state index in [1.54, 1.807) is 12.1 Å². The van der Waals surface area contributed by atoms with E-state index < -0.39 is 35.3 Å². The van der Waals surface area contributed by atoms with Crippen LogP contribution in [0.5, 0.6) is 17.2 Å². The first kappa shape index (κ1) is 29.3. The summed E-state index contributed by atoms with van der Waals surface area (Å²) in [4.78, 5) is 24.2. The number of carbonyl (C=O) groups excluding carboxylic acids is 2. The Morgan fingerprint density at radius 2 is 1.58 bits per heavy atom. The van der Waals surface area contributed by atoms with Crippen molar-refractivity contribution in [2.75, 3.05) is 13.2 Å². The van der Waals surface area contributed by atoms with Crippen LogP contribution in [0.3, 0.4) is 0 Å². The van der Waals surface area contributed by atoms with Gasteiger partial charge in [0.15, 0.2) is 17.7 Å². The Bertz CT molecular complexity index is 1050. The Kier molecular flexibility index (Phi) is 11.3. The lowest BCUT2D eigenvalue weighted by atomic mass is 9.88. The van der Waals surface area contributed by atoms with E-state index in [4.69, 9.17) is 18.9 Å². The molecule has 0 spiro atoms. The fourth-order valence-corrected chi connectivity index (χ4v) is 4.15. The van der Waals surface area contributed by atoms with Gasteiger partial charge in [-0.2, -0.15) is 4.39 Å². The van der Waals surface area contributed by atoms with Crippen LogP contribution in [-0.2, 0) is 9.53 Å². The largest absolute Gasteiger partial charge is 0.493 e. The molecule has 1 fully saturated rings. The predicted molar refractivity (Wildman–Crippen MR) is 135 cm³/mol. The van der Waals surface area contributed by atoms with Gasteiger partial charge < -0.3 is 18.9 Å². The summed E-state index contributed by atoms with van der Waals surface area (Å²) in [5.41, 5.74) is -0.532. The number of unbranched alkanes of at least 4 members (excludes halogenated alkanes) is 1. The van der Waals surface area contributed by atoms with Crippen LogP contribution in [0.25, 0.3) is 0 Å². The number of carbonyl (C=O) groups is 2. The van der Waals surface area contributed by atoms with Crippen molar-refractivity contribution in [1.29, 1.82) is 0 Å². The van der Waals surface area contributed by atoms with Crippen molar-refractivity contribution >= 4 is 11.9 Å². The van der Waals surface area contributed by atoms with E-state index in [9.17, 15) is 22.8 Å². The number of rotatable bonds is 13. The van der Waals surface area contributed by atoms with Gasteiger partial charge in [-0.1, -0.05) is 26.7 Å². The summed E-state index contributed by atoms with van der Waals surface area (Å²) in [6, 6.07) is 8.56. The highest BCUT2D eigenvalue weighted by molar-refractivity contribution is 5.91. The van der Waals surface area contributed by atoms with Crippen molar-refractivity contribution in [3.63, 3.8) is 0 Å². The number of benzene rings is 2. The molecule has 2 aromatic carbocycles. The average molecular weight is 537 g/mol.